The first kappa shape index (κ1) is 12.7. The Kier molecular flexibility index (Phi) is 4.99. The van der Waals surface area contributed by atoms with Crippen molar-refractivity contribution in [3.63, 3.8) is 0 Å². The van der Waals surface area contributed by atoms with Gasteiger partial charge in [0.1, 0.15) is 0 Å². The van der Waals surface area contributed by atoms with E-state index in [4.69, 9.17) is 5.11 Å². The third kappa shape index (κ3) is 4.03. The molecule has 88 valence electrons. The van der Waals surface area contributed by atoms with Crippen molar-refractivity contribution < 1.29 is 9.90 Å². The summed E-state index contributed by atoms with van der Waals surface area (Å²) in [7, 11) is 0. The summed E-state index contributed by atoms with van der Waals surface area (Å²) in [6.45, 7) is 3.74. The molecule has 1 atom stereocenters. The predicted molar refractivity (Wildman–Crippen MR) is 65.4 cm³/mol. The lowest BCUT2D eigenvalue weighted by Crippen LogP contribution is -2.15. The van der Waals surface area contributed by atoms with Gasteiger partial charge in [-0.1, -0.05) is 25.1 Å². The van der Waals surface area contributed by atoms with E-state index in [0.29, 0.717) is 12.8 Å². The van der Waals surface area contributed by atoms with Crippen molar-refractivity contribution in [2.45, 2.75) is 39.2 Å². The number of anilines is 1. The molecule has 1 aromatic carbocycles. The van der Waals surface area contributed by atoms with E-state index in [-0.39, 0.29) is 5.91 Å². The van der Waals surface area contributed by atoms with Crippen LogP contribution in [0.15, 0.2) is 24.3 Å². The van der Waals surface area contributed by atoms with Crippen LogP contribution in [0.4, 0.5) is 5.69 Å². The molecule has 0 fully saturated rings. The van der Waals surface area contributed by atoms with Crippen molar-refractivity contribution >= 4 is 11.6 Å². The molecule has 0 heterocycles. The summed E-state index contributed by atoms with van der Waals surface area (Å²) >= 11 is 0. The normalized spacial score (nSPS) is 12.2. The molecule has 1 amide bonds. The molecule has 0 saturated heterocycles. The van der Waals surface area contributed by atoms with Crippen LogP contribution in [0.1, 0.15) is 32.3 Å². The van der Waals surface area contributed by atoms with E-state index in [1.54, 1.807) is 6.92 Å². The number of aliphatic hydroxyl groups excluding tert-OH is 1. The van der Waals surface area contributed by atoms with Crippen LogP contribution in [0.2, 0.25) is 0 Å². The zero-order valence-electron chi connectivity index (χ0n) is 9.86. The highest BCUT2D eigenvalue weighted by molar-refractivity contribution is 5.91. The van der Waals surface area contributed by atoms with Gasteiger partial charge in [0.25, 0.3) is 0 Å². The van der Waals surface area contributed by atoms with Crippen LogP contribution in [-0.4, -0.2) is 17.1 Å². The van der Waals surface area contributed by atoms with Crippen LogP contribution in [0, 0.1) is 0 Å². The van der Waals surface area contributed by atoms with Crippen molar-refractivity contribution in [3.8, 4) is 0 Å². The number of aryl methyl sites for hydroxylation is 1. The summed E-state index contributed by atoms with van der Waals surface area (Å²) in [4.78, 5) is 11.6. The monoisotopic (exact) mass is 221 g/mol. The molecule has 16 heavy (non-hydrogen) atoms. The van der Waals surface area contributed by atoms with Crippen molar-refractivity contribution in [2.24, 2.45) is 0 Å². The van der Waals surface area contributed by atoms with E-state index in [9.17, 15) is 4.79 Å². The van der Waals surface area contributed by atoms with Crippen LogP contribution in [0.3, 0.4) is 0 Å². The lowest BCUT2D eigenvalue weighted by molar-refractivity contribution is -0.116. The van der Waals surface area contributed by atoms with Crippen LogP contribution < -0.4 is 5.32 Å². The first-order valence-corrected chi connectivity index (χ1v) is 5.69. The van der Waals surface area contributed by atoms with Crippen LogP contribution in [-0.2, 0) is 11.2 Å². The van der Waals surface area contributed by atoms with Gasteiger partial charge in [-0.15, -0.1) is 0 Å². The number of carbonyl (C=O) groups excluding carboxylic acids is 1. The molecular formula is C13H19NO2. The molecule has 0 aliphatic rings. The number of benzene rings is 1. The van der Waals surface area contributed by atoms with Crippen LogP contribution in [0.5, 0.6) is 0 Å². The minimum Gasteiger partial charge on any atom is -0.393 e. The zero-order chi connectivity index (χ0) is 12.0. The van der Waals surface area contributed by atoms with Gasteiger partial charge in [-0.05, 0) is 31.4 Å². The van der Waals surface area contributed by atoms with Crippen LogP contribution in [0.25, 0.3) is 0 Å². The van der Waals surface area contributed by atoms with Crippen molar-refractivity contribution in [3.05, 3.63) is 29.8 Å². The number of aliphatic hydroxyl groups is 1. The first-order valence-electron chi connectivity index (χ1n) is 5.69. The summed E-state index contributed by atoms with van der Waals surface area (Å²) in [6.07, 6.45) is 1.33. The molecule has 0 radical (unpaired) electrons. The maximum absolute atomic E-state index is 11.6. The van der Waals surface area contributed by atoms with Crippen molar-refractivity contribution in [1.29, 1.82) is 0 Å². The Morgan fingerprint density at radius 2 is 2.12 bits per heavy atom. The van der Waals surface area contributed by atoms with Gasteiger partial charge in [-0.25, -0.2) is 0 Å². The van der Waals surface area contributed by atoms with E-state index in [1.165, 1.54) is 0 Å². The molecule has 1 rings (SSSR count). The number of para-hydroxylation sites is 1. The van der Waals surface area contributed by atoms with Gasteiger partial charge < -0.3 is 10.4 Å². The molecule has 1 aromatic rings. The Labute approximate surface area is 96.5 Å². The molecule has 0 aliphatic heterocycles. The van der Waals surface area contributed by atoms with E-state index in [2.05, 4.69) is 12.2 Å². The number of hydrogen-bond acceptors (Lipinski definition) is 2. The number of nitrogens with one attached hydrogen (secondary N) is 1. The predicted octanol–water partition coefficient (Wildman–Crippen LogP) is 2.35. The first-order chi connectivity index (χ1) is 7.63. The zero-order valence-corrected chi connectivity index (χ0v) is 9.86. The molecule has 3 nitrogen and oxygen atoms in total. The summed E-state index contributed by atoms with van der Waals surface area (Å²) in [5.74, 6) is -0.0400. The standard InChI is InChI=1S/C13H19NO2/c1-3-11-6-4-5-7-12(11)14-13(16)9-8-10(2)15/h4-7,10,15H,3,8-9H2,1-2H3,(H,14,16). The summed E-state index contributed by atoms with van der Waals surface area (Å²) in [5, 5.41) is 12.0. The maximum atomic E-state index is 11.6. The smallest absolute Gasteiger partial charge is 0.224 e. The highest BCUT2D eigenvalue weighted by Gasteiger charge is 2.06. The average Bonchev–Trinajstić information content (AvgIpc) is 2.27. The second-order valence-corrected chi connectivity index (χ2v) is 3.95. The fraction of sp³-hybridized carbons (Fsp3) is 0.462. The highest BCUT2D eigenvalue weighted by Crippen LogP contribution is 2.15. The lowest BCUT2D eigenvalue weighted by atomic mass is 10.1. The van der Waals surface area contributed by atoms with Gasteiger partial charge in [0.2, 0.25) is 5.91 Å². The molecule has 0 saturated carbocycles. The van der Waals surface area contributed by atoms with Crippen molar-refractivity contribution in [2.75, 3.05) is 5.32 Å². The Balaban J connectivity index is 2.55. The van der Waals surface area contributed by atoms with Gasteiger partial charge in [-0.2, -0.15) is 0 Å². The highest BCUT2D eigenvalue weighted by atomic mass is 16.3. The topological polar surface area (TPSA) is 49.3 Å². The molecule has 2 N–H and O–H groups in total. The average molecular weight is 221 g/mol. The quantitative estimate of drug-likeness (QED) is 0.801. The SMILES string of the molecule is CCc1ccccc1NC(=O)CCC(C)O. The Hall–Kier alpha value is -1.35. The van der Waals surface area contributed by atoms with Gasteiger partial charge in [0, 0.05) is 12.1 Å². The second kappa shape index (κ2) is 6.28. The number of hydrogen-bond donors (Lipinski definition) is 2. The fourth-order valence-electron chi connectivity index (χ4n) is 1.50. The summed E-state index contributed by atoms with van der Waals surface area (Å²) < 4.78 is 0. The Morgan fingerprint density at radius 3 is 2.75 bits per heavy atom. The van der Waals surface area contributed by atoms with E-state index in [0.717, 1.165) is 17.7 Å². The minimum absolute atomic E-state index is 0.0400. The van der Waals surface area contributed by atoms with E-state index < -0.39 is 6.10 Å². The summed E-state index contributed by atoms with van der Waals surface area (Å²) in [5.41, 5.74) is 2.01. The minimum atomic E-state index is -0.424. The molecule has 0 aromatic heterocycles. The van der Waals surface area contributed by atoms with Gasteiger partial charge in [0.15, 0.2) is 0 Å². The van der Waals surface area contributed by atoms with Gasteiger partial charge in [0.05, 0.1) is 6.10 Å². The van der Waals surface area contributed by atoms with E-state index in [1.807, 2.05) is 24.3 Å². The fourth-order valence-corrected chi connectivity index (χ4v) is 1.50. The molecule has 0 aliphatic carbocycles. The maximum Gasteiger partial charge on any atom is 0.224 e. The number of carbonyl (C=O) groups is 1. The second-order valence-electron chi connectivity index (χ2n) is 3.95. The third-order valence-electron chi connectivity index (χ3n) is 2.46. The third-order valence-corrected chi connectivity index (χ3v) is 2.46. The molecule has 0 spiro atoms. The van der Waals surface area contributed by atoms with Crippen LogP contribution >= 0.6 is 0 Å². The van der Waals surface area contributed by atoms with Gasteiger partial charge in [-0.3, -0.25) is 4.79 Å². The van der Waals surface area contributed by atoms with Gasteiger partial charge >= 0.3 is 0 Å². The molecular weight excluding hydrogens is 202 g/mol. The number of rotatable bonds is 5. The summed E-state index contributed by atoms with van der Waals surface area (Å²) in [6, 6.07) is 7.77. The lowest BCUT2D eigenvalue weighted by Gasteiger charge is -2.10. The van der Waals surface area contributed by atoms with E-state index >= 15 is 0 Å². The molecule has 3 heteroatoms. The Bertz CT molecular complexity index is 348. The molecule has 1 unspecified atom stereocenters. The Morgan fingerprint density at radius 1 is 1.44 bits per heavy atom. The number of amides is 1. The largest absolute Gasteiger partial charge is 0.393 e. The molecule has 0 bridgehead atoms. The van der Waals surface area contributed by atoms with Crippen molar-refractivity contribution in [1.82, 2.24) is 0 Å².